The van der Waals surface area contributed by atoms with Crippen LogP contribution in [0.4, 0.5) is 0 Å². The van der Waals surface area contributed by atoms with Crippen molar-refractivity contribution in [2.24, 2.45) is 17.3 Å². The summed E-state index contributed by atoms with van der Waals surface area (Å²) in [7, 11) is 7.60. The standard InChI is InChI=1S/C25H30O6P2/c1-25(2,23(26)17-11-15(17)13-5-7-19(30-32)21(9-13)28-3)24(27)18-12-16(18)14-6-8-20(31-33)22(10-14)29-4/h5-10,15-18H,11-12,32-33H2,1-4H3. The first-order chi connectivity index (χ1) is 15.8. The summed E-state index contributed by atoms with van der Waals surface area (Å²) in [4.78, 5) is 26.7. The van der Waals surface area contributed by atoms with Crippen LogP contribution < -0.4 is 18.5 Å². The molecule has 176 valence electrons. The van der Waals surface area contributed by atoms with Crippen LogP contribution in [0.1, 0.15) is 49.7 Å². The molecule has 2 aliphatic carbocycles. The second-order valence-corrected chi connectivity index (χ2v) is 9.78. The maximum atomic E-state index is 13.4. The van der Waals surface area contributed by atoms with Gasteiger partial charge < -0.3 is 18.5 Å². The predicted octanol–water partition coefficient (Wildman–Crippen LogP) is 5.11. The van der Waals surface area contributed by atoms with E-state index in [-0.39, 0.29) is 35.2 Å². The van der Waals surface area contributed by atoms with Crippen molar-refractivity contribution in [1.82, 2.24) is 0 Å². The first-order valence-electron chi connectivity index (χ1n) is 10.9. The van der Waals surface area contributed by atoms with E-state index in [1.54, 1.807) is 28.1 Å². The van der Waals surface area contributed by atoms with Crippen molar-refractivity contribution in [3.8, 4) is 23.0 Å². The highest BCUT2D eigenvalue weighted by atomic mass is 31.0. The Kier molecular flexibility index (Phi) is 6.71. The molecule has 33 heavy (non-hydrogen) atoms. The Hall–Kier alpha value is -2.16. The van der Waals surface area contributed by atoms with E-state index in [1.807, 2.05) is 36.4 Å². The molecule has 0 N–H and O–H groups in total. The molecular formula is C25H30O6P2. The average Bonchev–Trinajstić information content (AvgIpc) is 3.76. The van der Waals surface area contributed by atoms with Crippen molar-refractivity contribution in [3.05, 3.63) is 47.5 Å². The Bertz CT molecular complexity index is 999. The monoisotopic (exact) mass is 488 g/mol. The van der Waals surface area contributed by atoms with Gasteiger partial charge in [0.2, 0.25) is 0 Å². The molecule has 0 amide bonds. The SMILES string of the molecule is COc1cc(C2CC2C(=O)C(C)(C)C(=O)C2CC2c2ccc(OP)c(OC)c2)ccc1OP. The number of carbonyl (C=O) groups excluding carboxylic acids is 2. The third kappa shape index (κ3) is 4.48. The van der Waals surface area contributed by atoms with E-state index in [0.717, 1.165) is 24.0 Å². The highest BCUT2D eigenvalue weighted by Gasteiger charge is 2.56. The Morgan fingerprint density at radius 2 is 1.15 bits per heavy atom. The molecule has 8 heteroatoms. The molecule has 0 saturated heterocycles. The summed E-state index contributed by atoms with van der Waals surface area (Å²) in [6.45, 7) is 3.56. The van der Waals surface area contributed by atoms with Gasteiger partial charge in [-0.3, -0.25) is 9.59 Å². The van der Waals surface area contributed by atoms with Gasteiger partial charge in [0, 0.05) is 11.8 Å². The van der Waals surface area contributed by atoms with E-state index in [1.165, 1.54) is 0 Å². The van der Waals surface area contributed by atoms with Crippen LogP contribution in [-0.2, 0) is 9.59 Å². The van der Waals surface area contributed by atoms with E-state index in [0.29, 0.717) is 23.0 Å². The average molecular weight is 488 g/mol. The second-order valence-electron chi connectivity index (χ2n) is 9.31. The third-order valence-electron chi connectivity index (χ3n) is 6.97. The van der Waals surface area contributed by atoms with Crippen LogP contribution in [0.25, 0.3) is 0 Å². The largest absolute Gasteiger partial charge is 0.493 e. The van der Waals surface area contributed by atoms with Gasteiger partial charge in [0.25, 0.3) is 0 Å². The van der Waals surface area contributed by atoms with Crippen molar-refractivity contribution in [3.63, 3.8) is 0 Å². The first kappa shape index (κ1) is 24.0. The van der Waals surface area contributed by atoms with Crippen molar-refractivity contribution in [2.45, 2.75) is 38.5 Å². The Balaban J connectivity index is 1.44. The molecule has 0 bridgehead atoms. The summed E-state index contributed by atoms with van der Waals surface area (Å²) >= 11 is 0. The zero-order valence-corrected chi connectivity index (χ0v) is 21.6. The summed E-state index contributed by atoms with van der Waals surface area (Å²) in [6, 6.07) is 11.4. The zero-order chi connectivity index (χ0) is 23.9. The zero-order valence-electron chi connectivity index (χ0n) is 19.3. The molecule has 2 fully saturated rings. The van der Waals surface area contributed by atoms with E-state index in [4.69, 9.17) is 18.5 Å². The van der Waals surface area contributed by atoms with Crippen LogP contribution in [0.5, 0.6) is 23.0 Å². The molecule has 6 atom stereocenters. The Morgan fingerprint density at radius 1 is 0.758 bits per heavy atom. The normalized spacial score (nSPS) is 23.5. The van der Waals surface area contributed by atoms with Gasteiger partial charge in [0.15, 0.2) is 23.0 Å². The van der Waals surface area contributed by atoms with Gasteiger partial charge in [-0.25, -0.2) is 0 Å². The summed E-state index contributed by atoms with van der Waals surface area (Å²) in [6.07, 6.45) is 1.50. The van der Waals surface area contributed by atoms with Gasteiger partial charge in [0.05, 0.1) is 38.6 Å². The third-order valence-corrected chi connectivity index (χ3v) is 7.48. The number of Topliss-reactive ketones (excluding diaryl/α,β-unsaturated/α-hetero) is 2. The molecule has 0 heterocycles. The molecule has 0 radical (unpaired) electrons. The van der Waals surface area contributed by atoms with Gasteiger partial charge in [-0.2, -0.15) is 0 Å². The first-order valence-corrected chi connectivity index (χ1v) is 11.9. The smallest absolute Gasteiger partial charge is 0.164 e. The van der Waals surface area contributed by atoms with E-state index in [9.17, 15) is 9.59 Å². The number of benzene rings is 2. The summed E-state index contributed by atoms with van der Waals surface area (Å²) < 4.78 is 21.2. The fourth-order valence-electron chi connectivity index (χ4n) is 4.78. The lowest BCUT2D eigenvalue weighted by molar-refractivity contribution is -0.140. The molecule has 6 nitrogen and oxygen atoms in total. The number of rotatable bonds is 10. The van der Waals surface area contributed by atoms with Gasteiger partial charge in [-0.05, 0) is 73.9 Å². The number of carbonyl (C=O) groups is 2. The summed E-state index contributed by atoms with van der Waals surface area (Å²) in [5, 5.41) is 0. The summed E-state index contributed by atoms with van der Waals surface area (Å²) in [5.74, 6) is 2.48. The van der Waals surface area contributed by atoms with Crippen molar-refractivity contribution < 1.29 is 28.1 Å². The van der Waals surface area contributed by atoms with Crippen LogP contribution in [0.3, 0.4) is 0 Å². The molecule has 0 aliphatic heterocycles. The van der Waals surface area contributed by atoms with Gasteiger partial charge in [0.1, 0.15) is 11.6 Å². The van der Waals surface area contributed by atoms with E-state index in [2.05, 4.69) is 18.9 Å². The molecule has 2 aliphatic rings. The molecule has 2 aromatic rings. The number of methoxy groups -OCH3 is 2. The molecule has 6 unspecified atom stereocenters. The quantitative estimate of drug-likeness (QED) is 0.342. The van der Waals surface area contributed by atoms with E-state index >= 15 is 0 Å². The molecule has 2 aromatic carbocycles. The molecule has 0 aromatic heterocycles. The van der Waals surface area contributed by atoms with Gasteiger partial charge in [-0.15, -0.1) is 0 Å². The van der Waals surface area contributed by atoms with Gasteiger partial charge in [-0.1, -0.05) is 12.1 Å². The molecule has 2 saturated carbocycles. The minimum Gasteiger partial charge on any atom is -0.493 e. The highest BCUT2D eigenvalue weighted by Crippen LogP contribution is 2.56. The maximum absolute atomic E-state index is 13.4. The molecule has 4 rings (SSSR count). The second kappa shape index (κ2) is 9.24. The summed E-state index contributed by atoms with van der Waals surface area (Å²) in [5.41, 5.74) is 1.05. The lowest BCUT2D eigenvalue weighted by atomic mass is 9.78. The fourth-order valence-corrected chi connectivity index (χ4v) is 5.17. The van der Waals surface area contributed by atoms with Crippen molar-refractivity contribution in [2.75, 3.05) is 14.2 Å². The van der Waals surface area contributed by atoms with Crippen molar-refractivity contribution in [1.29, 1.82) is 0 Å². The minimum absolute atomic E-state index is 0.0258. The maximum Gasteiger partial charge on any atom is 0.164 e. The Labute approximate surface area is 199 Å². The Morgan fingerprint density at radius 3 is 1.48 bits per heavy atom. The minimum atomic E-state index is -1.01. The highest BCUT2D eigenvalue weighted by molar-refractivity contribution is 7.10. The number of hydrogen-bond acceptors (Lipinski definition) is 6. The van der Waals surface area contributed by atoms with Crippen molar-refractivity contribution >= 4 is 30.5 Å². The van der Waals surface area contributed by atoms with Crippen LogP contribution >= 0.6 is 18.9 Å². The lowest BCUT2D eigenvalue weighted by Crippen LogP contribution is -2.36. The molecule has 0 spiro atoms. The number of ketones is 2. The van der Waals surface area contributed by atoms with Crippen LogP contribution in [-0.4, -0.2) is 25.8 Å². The fraction of sp³-hybridized carbons (Fsp3) is 0.440. The van der Waals surface area contributed by atoms with Crippen LogP contribution in [0.15, 0.2) is 36.4 Å². The van der Waals surface area contributed by atoms with Gasteiger partial charge >= 0.3 is 0 Å². The topological polar surface area (TPSA) is 71.1 Å². The van der Waals surface area contributed by atoms with Crippen LogP contribution in [0.2, 0.25) is 0 Å². The van der Waals surface area contributed by atoms with E-state index < -0.39 is 5.41 Å². The number of hydrogen-bond donors (Lipinski definition) is 0. The van der Waals surface area contributed by atoms with Crippen LogP contribution in [0, 0.1) is 17.3 Å². The lowest BCUT2D eigenvalue weighted by Gasteiger charge is -2.22. The number of ether oxygens (including phenoxy) is 2. The predicted molar refractivity (Wildman–Crippen MR) is 132 cm³/mol. The molecular weight excluding hydrogens is 458 g/mol.